The third-order valence-electron chi connectivity index (χ3n) is 5.60. The molecule has 180 valence electrons. The van der Waals surface area contributed by atoms with Gasteiger partial charge in [-0.2, -0.15) is 8.42 Å². The van der Waals surface area contributed by atoms with Gasteiger partial charge in [0.1, 0.15) is 0 Å². The van der Waals surface area contributed by atoms with E-state index in [0.717, 1.165) is 26.2 Å². The number of hydrogen-bond acceptors (Lipinski definition) is 4. The fourth-order valence-electron chi connectivity index (χ4n) is 3.32. The van der Waals surface area contributed by atoms with Crippen LogP contribution in [-0.2, 0) is 14.9 Å². The van der Waals surface area contributed by atoms with Crippen molar-refractivity contribution < 1.29 is 22.9 Å². The number of pyridine rings is 1. The average molecular weight is 458 g/mol. The first-order valence-electron chi connectivity index (χ1n) is 11.8. The molecule has 0 fully saturated rings. The summed E-state index contributed by atoms with van der Waals surface area (Å²) in [6, 6.07) is 5.72. The summed E-state index contributed by atoms with van der Waals surface area (Å²) in [5, 5.41) is 9.03. The minimum atomic E-state index is -4.58. The zero-order valence-electron chi connectivity index (χ0n) is 19.5. The Morgan fingerprint density at radius 3 is 1.42 bits per heavy atom. The molecule has 7 heteroatoms. The van der Waals surface area contributed by atoms with Crippen molar-refractivity contribution in [3.05, 3.63) is 30.6 Å². The zero-order chi connectivity index (χ0) is 23.4. The lowest BCUT2D eigenvalue weighted by molar-refractivity contribution is -0.140. The van der Waals surface area contributed by atoms with Crippen LogP contribution in [0.3, 0.4) is 0 Å². The van der Waals surface area contributed by atoms with E-state index >= 15 is 0 Å². The minimum absolute atomic E-state index is 0.0425. The number of carboxylic acids is 1. The molecule has 0 bridgehead atoms. The number of aromatic nitrogens is 1. The highest BCUT2D eigenvalue weighted by atomic mass is 32.2. The minimum Gasteiger partial charge on any atom is -0.480 e. The third-order valence-corrected chi connectivity index (χ3v) is 7.11. The van der Waals surface area contributed by atoms with Crippen molar-refractivity contribution >= 4 is 16.1 Å². The second kappa shape index (κ2) is 18.1. The quantitative estimate of drug-likeness (QED) is 0.200. The molecule has 0 aliphatic carbocycles. The highest BCUT2D eigenvalue weighted by Gasteiger charge is 2.45. The Hall–Kier alpha value is -1.47. The standard InChI is InChI=1S/C19H38O5S.C5H5N/c1-3-4-5-6-7-8-9-10-11-12-13-14-15-16-17-19(2,18(20)21)25(22,23)24;1-2-4-6-5-3-1/h3-17H2,1-2H3,(H,20,21)(H,22,23,24);1-5H. The lowest BCUT2D eigenvalue weighted by Gasteiger charge is -2.20. The Balaban J connectivity index is 0.00000127. The molecule has 1 rings (SSSR count). The van der Waals surface area contributed by atoms with Gasteiger partial charge in [0, 0.05) is 12.4 Å². The third kappa shape index (κ3) is 15.0. The summed E-state index contributed by atoms with van der Waals surface area (Å²) in [5.41, 5.74) is 0. The van der Waals surface area contributed by atoms with Crippen molar-refractivity contribution in [2.24, 2.45) is 0 Å². The van der Waals surface area contributed by atoms with E-state index in [9.17, 15) is 13.2 Å². The molecule has 1 heterocycles. The monoisotopic (exact) mass is 457 g/mol. The maximum absolute atomic E-state index is 11.2. The molecule has 0 radical (unpaired) electrons. The van der Waals surface area contributed by atoms with Gasteiger partial charge >= 0.3 is 5.97 Å². The molecular weight excluding hydrogens is 414 g/mol. The molecule has 0 aliphatic heterocycles. The van der Waals surface area contributed by atoms with Gasteiger partial charge in [0.15, 0.2) is 4.75 Å². The van der Waals surface area contributed by atoms with E-state index in [0.29, 0.717) is 6.42 Å². The first kappa shape index (κ1) is 29.5. The summed E-state index contributed by atoms with van der Waals surface area (Å²) >= 11 is 0. The highest BCUT2D eigenvalue weighted by molar-refractivity contribution is 7.88. The topological polar surface area (TPSA) is 105 Å². The predicted octanol–water partition coefficient (Wildman–Crippen LogP) is 6.67. The summed E-state index contributed by atoms with van der Waals surface area (Å²) in [5.74, 6) is -1.48. The van der Waals surface area contributed by atoms with Crippen LogP contribution >= 0.6 is 0 Å². The van der Waals surface area contributed by atoms with Gasteiger partial charge in [0.25, 0.3) is 10.1 Å². The fraction of sp³-hybridized carbons (Fsp3) is 0.750. The molecule has 2 N–H and O–H groups in total. The van der Waals surface area contributed by atoms with E-state index in [1.807, 2.05) is 18.2 Å². The van der Waals surface area contributed by atoms with Gasteiger partial charge in [-0.3, -0.25) is 14.3 Å². The van der Waals surface area contributed by atoms with Crippen molar-refractivity contribution in [2.45, 2.75) is 115 Å². The summed E-state index contributed by atoms with van der Waals surface area (Å²) in [7, 11) is -4.58. The van der Waals surface area contributed by atoms with Crippen LogP contribution in [0.25, 0.3) is 0 Å². The summed E-state index contributed by atoms with van der Waals surface area (Å²) in [6.07, 6.45) is 20.0. The Labute approximate surface area is 189 Å². The van der Waals surface area contributed by atoms with Crippen LogP contribution in [0, 0.1) is 0 Å². The Morgan fingerprint density at radius 2 is 1.16 bits per heavy atom. The molecule has 0 spiro atoms. The Bertz CT molecular complexity index is 624. The molecule has 0 saturated heterocycles. The first-order valence-corrected chi connectivity index (χ1v) is 13.2. The lowest BCUT2D eigenvalue weighted by atomic mass is 10.0. The molecule has 1 unspecified atom stereocenters. The molecule has 1 aromatic rings. The van der Waals surface area contributed by atoms with E-state index in [1.54, 1.807) is 12.4 Å². The van der Waals surface area contributed by atoms with Gasteiger partial charge in [0.05, 0.1) is 0 Å². The predicted molar refractivity (Wildman–Crippen MR) is 127 cm³/mol. The smallest absolute Gasteiger partial charge is 0.327 e. The number of hydrogen-bond donors (Lipinski definition) is 2. The van der Waals surface area contributed by atoms with Gasteiger partial charge in [-0.05, 0) is 25.5 Å². The van der Waals surface area contributed by atoms with Gasteiger partial charge in [-0.25, -0.2) is 0 Å². The van der Waals surface area contributed by atoms with Crippen LogP contribution < -0.4 is 0 Å². The molecule has 0 aliphatic rings. The SMILES string of the molecule is CCCCCCCCCCCCCCCCC(C)(C(=O)O)S(=O)(=O)O.c1ccncc1. The van der Waals surface area contributed by atoms with Crippen molar-refractivity contribution in [3.8, 4) is 0 Å². The van der Waals surface area contributed by atoms with Gasteiger partial charge in [-0.15, -0.1) is 0 Å². The van der Waals surface area contributed by atoms with E-state index in [1.165, 1.54) is 64.2 Å². The number of unbranched alkanes of at least 4 members (excludes halogenated alkanes) is 13. The van der Waals surface area contributed by atoms with Crippen molar-refractivity contribution in [1.29, 1.82) is 0 Å². The fourth-order valence-corrected chi connectivity index (χ4v) is 3.94. The number of aliphatic carboxylic acids is 1. The number of rotatable bonds is 17. The number of carboxylic acid groups (broad SMARTS) is 1. The van der Waals surface area contributed by atoms with Crippen LogP contribution in [0.1, 0.15) is 110 Å². The molecule has 0 amide bonds. The van der Waals surface area contributed by atoms with E-state index in [-0.39, 0.29) is 6.42 Å². The number of nitrogens with zero attached hydrogens (tertiary/aromatic N) is 1. The van der Waals surface area contributed by atoms with Crippen molar-refractivity contribution in [3.63, 3.8) is 0 Å². The van der Waals surface area contributed by atoms with Crippen LogP contribution in [0.15, 0.2) is 30.6 Å². The average Bonchev–Trinajstić information content (AvgIpc) is 2.74. The molecule has 0 saturated carbocycles. The second-order valence-electron chi connectivity index (χ2n) is 8.38. The van der Waals surface area contributed by atoms with Crippen molar-refractivity contribution in [1.82, 2.24) is 4.98 Å². The molecule has 31 heavy (non-hydrogen) atoms. The van der Waals surface area contributed by atoms with Crippen molar-refractivity contribution in [2.75, 3.05) is 0 Å². The van der Waals surface area contributed by atoms with Crippen LogP contribution in [0.4, 0.5) is 0 Å². The van der Waals surface area contributed by atoms with Crippen LogP contribution in [0.2, 0.25) is 0 Å². The van der Waals surface area contributed by atoms with E-state index < -0.39 is 20.8 Å². The number of carbonyl (C=O) groups is 1. The lowest BCUT2D eigenvalue weighted by Crippen LogP contribution is -2.43. The van der Waals surface area contributed by atoms with Crippen LogP contribution in [-0.4, -0.2) is 33.8 Å². The molecular formula is C24H43NO5S. The Kier molecular flexibility index (Phi) is 17.3. The second-order valence-corrected chi connectivity index (χ2v) is 10.2. The zero-order valence-corrected chi connectivity index (χ0v) is 20.3. The summed E-state index contributed by atoms with van der Waals surface area (Å²) in [4.78, 5) is 14.9. The first-order chi connectivity index (χ1) is 14.8. The largest absolute Gasteiger partial charge is 0.480 e. The Morgan fingerprint density at radius 1 is 0.774 bits per heavy atom. The maximum atomic E-state index is 11.2. The van der Waals surface area contributed by atoms with E-state index in [2.05, 4.69) is 11.9 Å². The van der Waals surface area contributed by atoms with Gasteiger partial charge < -0.3 is 5.11 Å². The molecule has 6 nitrogen and oxygen atoms in total. The highest BCUT2D eigenvalue weighted by Crippen LogP contribution is 2.24. The maximum Gasteiger partial charge on any atom is 0.327 e. The molecule has 1 aromatic heterocycles. The van der Waals surface area contributed by atoms with Gasteiger partial charge in [0.2, 0.25) is 0 Å². The van der Waals surface area contributed by atoms with E-state index in [4.69, 9.17) is 9.66 Å². The summed E-state index contributed by atoms with van der Waals surface area (Å²) in [6.45, 7) is 3.31. The molecule has 1 atom stereocenters. The van der Waals surface area contributed by atoms with Crippen LogP contribution in [0.5, 0.6) is 0 Å². The normalized spacial score (nSPS) is 13.1. The van der Waals surface area contributed by atoms with Gasteiger partial charge in [-0.1, -0.05) is 103 Å². The molecule has 0 aromatic carbocycles. The summed E-state index contributed by atoms with van der Waals surface area (Å²) < 4.78 is 29.5.